The molecule has 0 radical (unpaired) electrons. The van der Waals surface area contributed by atoms with Gasteiger partial charge >= 0.3 is 0 Å². The van der Waals surface area contributed by atoms with E-state index in [1.807, 2.05) is 36.4 Å². The van der Waals surface area contributed by atoms with Crippen LogP contribution in [-0.2, 0) is 6.42 Å². The molecule has 126 valence electrons. The van der Waals surface area contributed by atoms with Gasteiger partial charge in [0.15, 0.2) is 23.0 Å². The molecule has 4 nitrogen and oxygen atoms in total. The van der Waals surface area contributed by atoms with E-state index < -0.39 is 0 Å². The van der Waals surface area contributed by atoms with Crippen LogP contribution >= 0.6 is 0 Å². The Hall–Kier alpha value is -3.40. The number of benzene rings is 3. The van der Waals surface area contributed by atoms with Crippen molar-refractivity contribution in [1.82, 2.24) is 0 Å². The minimum atomic E-state index is -0.137. The molecule has 0 aliphatic carbocycles. The second-order valence-corrected chi connectivity index (χ2v) is 5.37. The number of hydrogen-bond acceptors (Lipinski definition) is 4. The van der Waals surface area contributed by atoms with Crippen molar-refractivity contribution < 1.29 is 19.7 Å². The van der Waals surface area contributed by atoms with Crippen molar-refractivity contribution in [2.24, 2.45) is 0 Å². The molecule has 3 rings (SSSR count). The summed E-state index contributed by atoms with van der Waals surface area (Å²) in [5.74, 6) is 1.26. The van der Waals surface area contributed by atoms with E-state index in [0.717, 1.165) is 0 Å². The van der Waals surface area contributed by atoms with Gasteiger partial charge in [-0.25, -0.2) is 0 Å². The fraction of sp³-hybridized carbons (Fsp3) is 0.0476. The predicted octanol–water partition coefficient (Wildman–Crippen LogP) is 5.41. The summed E-state index contributed by atoms with van der Waals surface area (Å²) < 4.78 is 11.5. The third-order valence-electron chi connectivity index (χ3n) is 3.59. The summed E-state index contributed by atoms with van der Waals surface area (Å²) >= 11 is 0. The molecule has 0 aliphatic heterocycles. The van der Waals surface area contributed by atoms with Gasteiger partial charge < -0.3 is 19.7 Å². The zero-order valence-corrected chi connectivity index (χ0v) is 13.6. The number of para-hydroxylation sites is 2. The third-order valence-corrected chi connectivity index (χ3v) is 3.59. The van der Waals surface area contributed by atoms with Crippen molar-refractivity contribution in [2.75, 3.05) is 0 Å². The monoisotopic (exact) mass is 334 g/mol. The first-order chi connectivity index (χ1) is 12.2. The van der Waals surface area contributed by atoms with E-state index in [9.17, 15) is 10.2 Å². The Morgan fingerprint density at radius 1 is 0.760 bits per heavy atom. The Morgan fingerprint density at radius 2 is 1.20 bits per heavy atom. The summed E-state index contributed by atoms with van der Waals surface area (Å²) in [6.07, 6.45) is 1.86. The largest absolute Gasteiger partial charge is 0.504 e. The van der Waals surface area contributed by atoms with Crippen LogP contribution in [0.15, 0.2) is 79.4 Å². The fourth-order valence-electron chi connectivity index (χ4n) is 2.39. The SMILES string of the molecule is C=CCc1c(O)c(Oc2ccccc2)cc(Oc2ccccc2)c1O. The molecule has 0 atom stereocenters. The molecule has 0 aliphatic rings. The standard InChI is InChI=1S/C21H18O4/c1-2-9-17-20(22)18(24-15-10-5-3-6-11-15)14-19(21(17)23)25-16-12-7-4-8-13-16/h2-8,10-14,22-23H,1,9H2. The first kappa shape index (κ1) is 16.5. The lowest BCUT2D eigenvalue weighted by Gasteiger charge is -2.16. The van der Waals surface area contributed by atoms with E-state index in [1.54, 1.807) is 30.3 Å². The molecule has 0 saturated heterocycles. The second-order valence-electron chi connectivity index (χ2n) is 5.37. The van der Waals surface area contributed by atoms with E-state index in [-0.39, 0.29) is 29.4 Å². The van der Waals surface area contributed by atoms with Gasteiger partial charge in [0.1, 0.15) is 11.5 Å². The van der Waals surface area contributed by atoms with Crippen molar-refractivity contribution in [3.8, 4) is 34.5 Å². The number of phenolic OH excluding ortho intramolecular Hbond substituents is 2. The van der Waals surface area contributed by atoms with Crippen LogP contribution in [0.3, 0.4) is 0 Å². The maximum Gasteiger partial charge on any atom is 0.173 e. The predicted molar refractivity (Wildman–Crippen MR) is 96.7 cm³/mol. The number of rotatable bonds is 6. The van der Waals surface area contributed by atoms with E-state index >= 15 is 0 Å². The molecule has 25 heavy (non-hydrogen) atoms. The number of allylic oxidation sites excluding steroid dienone is 1. The smallest absolute Gasteiger partial charge is 0.173 e. The summed E-state index contributed by atoms with van der Waals surface area (Å²) in [7, 11) is 0. The molecule has 3 aromatic rings. The Balaban J connectivity index is 2.03. The van der Waals surface area contributed by atoms with E-state index in [2.05, 4.69) is 6.58 Å². The maximum absolute atomic E-state index is 10.5. The van der Waals surface area contributed by atoms with Gasteiger partial charge in [0, 0.05) is 11.6 Å². The van der Waals surface area contributed by atoms with Crippen molar-refractivity contribution in [3.63, 3.8) is 0 Å². The maximum atomic E-state index is 10.5. The zero-order valence-electron chi connectivity index (χ0n) is 13.6. The van der Waals surface area contributed by atoms with Gasteiger partial charge in [0.25, 0.3) is 0 Å². The van der Waals surface area contributed by atoms with Crippen LogP contribution in [0.25, 0.3) is 0 Å². The van der Waals surface area contributed by atoms with Crippen LogP contribution in [0.1, 0.15) is 5.56 Å². The molecule has 2 N–H and O–H groups in total. The Morgan fingerprint density at radius 3 is 1.60 bits per heavy atom. The molecule has 0 amide bonds. The molecule has 0 bridgehead atoms. The van der Waals surface area contributed by atoms with Gasteiger partial charge in [-0.05, 0) is 30.7 Å². The van der Waals surface area contributed by atoms with Crippen LogP contribution in [0.4, 0.5) is 0 Å². The van der Waals surface area contributed by atoms with Crippen molar-refractivity contribution in [3.05, 3.63) is 84.9 Å². The topological polar surface area (TPSA) is 58.9 Å². The Labute approximate surface area is 146 Å². The van der Waals surface area contributed by atoms with Crippen LogP contribution in [-0.4, -0.2) is 10.2 Å². The molecule has 0 saturated carbocycles. The van der Waals surface area contributed by atoms with Crippen molar-refractivity contribution >= 4 is 0 Å². The Kier molecular flexibility index (Phi) is 4.90. The van der Waals surface area contributed by atoms with Crippen molar-refractivity contribution in [2.45, 2.75) is 6.42 Å². The minimum Gasteiger partial charge on any atom is -0.504 e. The molecule has 0 unspecified atom stereocenters. The van der Waals surface area contributed by atoms with Crippen LogP contribution < -0.4 is 9.47 Å². The number of phenols is 2. The molecule has 0 aromatic heterocycles. The fourth-order valence-corrected chi connectivity index (χ4v) is 2.39. The molecular weight excluding hydrogens is 316 g/mol. The highest BCUT2D eigenvalue weighted by molar-refractivity contribution is 5.62. The lowest BCUT2D eigenvalue weighted by atomic mass is 10.1. The molecule has 0 fully saturated rings. The average molecular weight is 334 g/mol. The number of hydrogen-bond donors (Lipinski definition) is 2. The first-order valence-electron chi connectivity index (χ1n) is 7.83. The van der Waals surface area contributed by atoms with Crippen LogP contribution in [0.5, 0.6) is 34.5 Å². The summed E-state index contributed by atoms with van der Waals surface area (Å²) in [6.45, 7) is 3.66. The number of aromatic hydroxyl groups is 2. The highest BCUT2D eigenvalue weighted by Gasteiger charge is 2.19. The molecule has 0 spiro atoms. The van der Waals surface area contributed by atoms with Crippen LogP contribution in [0.2, 0.25) is 0 Å². The van der Waals surface area contributed by atoms with Gasteiger partial charge in [-0.2, -0.15) is 0 Å². The molecule has 3 aromatic carbocycles. The van der Waals surface area contributed by atoms with Gasteiger partial charge in [0.2, 0.25) is 0 Å². The zero-order chi connectivity index (χ0) is 17.6. The average Bonchev–Trinajstić information content (AvgIpc) is 2.64. The summed E-state index contributed by atoms with van der Waals surface area (Å²) in [6, 6.07) is 19.6. The molecular formula is C21H18O4. The lowest BCUT2D eigenvalue weighted by molar-refractivity contribution is 0.375. The normalized spacial score (nSPS) is 10.2. The second kappa shape index (κ2) is 7.45. The quantitative estimate of drug-likeness (QED) is 0.592. The van der Waals surface area contributed by atoms with E-state index in [4.69, 9.17) is 9.47 Å². The summed E-state index contributed by atoms with van der Waals surface area (Å²) in [5.41, 5.74) is 0.300. The van der Waals surface area contributed by atoms with Crippen LogP contribution in [0, 0.1) is 0 Å². The number of ether oxygens (including phenoxy) is 2. The Bertz CT molecular complexity index is 792. The third kappa shape index (κ3) is 3.75. The highest BCUT2D eigenvalue weighted by atomic mass is 16.5. The van der Waals surface area contributed by atoms with Gasteiger partial charge in [0.05, 0.1) is 0 Å². The first-order valence-corrected chi connectivity index (χ1v) is 7.83. The van der Waals surface area contributed by atoms with E-state index in [0.29, 0.717) is 17.1 Å². The summed E-state index contributed by atoms with van der Waals surface area (Å²) in [4.78, 5) is 0. The van der Waals surface area contributed by atoms with Gasteiger partial charge in [-0.1, -0.05) is 42.5 Å². The minimum absolute atomic E-state index is 0.137. The van der Waals surface area contributed by atoms with Gasteiger partial charge in [-0.15, -0.1) is 6.58 Å². The molecule has 0 heterocycles. The van der Waals surface area contributed by atoms with E-state index in [1.165, 1.54) is 6.07 Å². The summed E-state index contributed by atoms with van der Waals surface area (Å²) in [5, 5.41) is 20.9. The molecule has 4 heteroatoms. The van der Waals surface area contributed by atoms with Gasteiger partial charge in [-0.3, -0.25) is 0 Å². The highest BCUT2D eigenvalue weighted by Crippen LogP contribution is 2.46. The lowest BCUT2D eigenvalue weighted by Crippen LogP contribution is -1.94. The van der Waals surface area contributed by atoms with Crippen molar-refractivity contribution in [1.29, 1.82) is 0 Å².